The highest BCUT2D eigenvalue weighted by Gasteiger charge is 2.42. The summed E-state index contributed by atoms with van der Waals surface area (Å²) >= 11 is 0. The molecule has 0 unspecified atom stereocenters. The predicted octanol–water partition coefficient (Wildman–Crippen LogP) is 1.84. The van der Waals surface area contributed by atoms with Crippen LogP contribution in [-0.2, 0) is 9.53 Å². The number of carbonyl (C=O) groups is 1. The molecular weight excluding hydrogens is 366 g/mol. The smallest absolute Gasteiger partial charge is 0.230 e. The molecule has 2 saturated carbocycles. The molecule has 7 nitrogen and oxygen atoms in total. The van der Waals surface area contributed by atoms with Crippen molar-refractivity contribution in [2.45, 2.75) is 63.3 Å². The van der Waals surface area contributed by atoms with Gasteiger partial charge in [-0.05, 0) is 25.7 Å². The maximum atomic E-state index is 12.8. The number of amides is 1. The summed E-state index contributed by atoms with van der Waals surface area (Å²) in [4.78, 5) is 21.7. The fourth-order valence-corrected chi connectivity index (χ4v) is 5.57. The normalized spacial score (nSPS) is 24.9. The van der Waals surface area contributed by atoms with E-state index in [0.717, 1.165) is 64.5 Å². The number of ether oxygens (including phenoxy) is 1. The minimum atomic E-state index is -0.284. The van der Waals surface area contributed by atoms with Crippen molar-refractivity contribution < 1.29 is 9.53 Å². The van der Waals surface area contributed by atoms with Gasteiger partial charge in [0.25, 0.3) is 0 Å². The molecule has 3 aliphatic rings. The number of nitrogens with zero attached hydrogens (tertiary/aromatic N) is 3. The standard InChI is InChI=1S/C22H41N5O2/c1-23-20(24-17-21(9-7-8-10-21)19(28)26(2)3)25-18-22(11-5-4-6-12-22)27-13-15-29-16-14-27/h4-18H2,1-3H3,(H2,23,24,25). The summed E-state index contributed by atoms with van der Waals surface area (Å²) in [6.45, 7) is 5.28. The van der Waals surface area contributed by atoms with Crippen molar-refractivity contribution in [1.29, 1.82) is 0 Å². The molecule has 0 bridgehead atoms. The molecule has 1 aliphatic heterocycles. The first-order valence-electron chi connectivity index (χ1n) is 11.5. The first-order valence-corrected chi connectivity index (χ1v) is 11.5. The molecule has 7 heteroatoms. The van der Waals surface area contributed by atoms with Gasteiger partial charge in [-0.15, -0.1) is 0 Å². The van der Waals surface area contributed by atoms with E-state index in [4.69, 9.17) is 4.74 Å². The Bertz CT molecular complexity index is 560. The van der Waals surface area contributed by atoms with Gasteiger partial charge in [-0.3, -0.25) is 14.7 Å². The van der Waals surface area contributed by atoms with Gasteiger partial charge in [-0.25, -0.2) is 0 Å². The highest BCUT2D eigenvalue weighted by Crippen LogP contribution is 2.39. The van der Waals surface area contributed by atoms with Crippen LogP contribution in [0.5, 0.6) is 0 Å². The first-order chi connectivity index (χ1) is 14.0. The van der Waals surface area contributed by atoms with E-state index < -0.39 is 0 Å². The second kappa shape index (κ2) is 10.1. The Kier molecular flexibility index (Phi) is 7.79. The van der Waals surface area contributed by atoms with E-state index in [1.165, 1.54) is 32.1 Å². The van der Waals surface area contributed by atoms with Crippen LogP contribution in [0.3, 0.4) is 0 Å². The van der Waals surface area contributed by atoms with Gasteiger partial charge in [0.1, 0.15) is 0 Å². The summed E-state index contributed by atoms with van der Waals surface area (Å²) in [6.07, 6.45) is 10.6. The SMILES string of the molecule is CN=C(NCC1(C(=O)N(C)C)CCCC1)NCC1(N2CCOCC2)CCCCC1. The van der Waals surface area contributed by atoms with Crippen molar-refractivity contribution in [1.82, 2.24) is 20.4 Å². The number of rotatable bonds is 6. The van der Waals surface area contributed by atoms with E-state index in [0.29, 0.717) is 6.54 Å². The van der Waals surface area contributed by atoms with Crippen molar-refractivity contribution in [2.24, 2.45) is 10.4 Å². The van der Waals surface area contributed by atoms with E-state index in [1.54, 1.807) is 4.90 Å². The van der Waals surface area contributed by atoms with Gasteiger partial charge in [0.05, 0.1) is 18.6 Å². The Morgan fingerprint density at radius 1 is 0.966 bits per heavy atom. The lowest BCUT2D eigenvalue weighted by Gasteiger charge is -2.48. The molecule has 1 amide bonds. The Morgan fingerprint density at radius 2 is 1.55 bits per heavy atom. The van der Waals surface area contributed by atoms with Crippen LogP contribution in [0.1, 0.15) is 57.8 Å². The summed E-state index contributed by atoms with van der Waals surface area (Å²) in [5.74, 6) is 1.07. The number of nitrogens with one attached hydrogen (secondary N) is 2. The Balaban J connectivity index is 1.60. The van der Waals surface area contributed by atoms with Gasteiger partial charge in [0, 0.05) is 52.9 Å². The summed E-state index contributed by atoms with van der Waals surface area (Å²) in [5, 5.41) is 7.11. The lowest BCUT2D eigenvalue weighted by atomic mass is 9.79. The van der Waals surface area contributed by atoms with Crippen molar-refractivity contribution in [3.63, 3.8) is 0 Å². The molecule has 3 rings (SSSR count). The molecule has 0 spiro atoms. The highest BCUT2D eigenvalue weighted by atomic mass is 16.5. The van der Waals surface area contributed by atoms with Crippen LogP contribution in [0.15, 0.2) is 4.99 Å². The zero-order valence-electron chi connectivity index (χ0n) is 18.8. The third kappa shape index (κ3) is 5.23. The van der Waals surface area contributed by atoms with Gasteiger partial charge in [0.2, 0.25) is 5.91 Å². The van der Waals surface area contributed by atoms with Crippen LogP contribution in [0, 0.1) is 5.41 Å². The van der Waals surface area contributed by atoms with Crippen LogP contribution in [0.2, 0.25) is 0 Å². The molecule has 0 aromatic heterocycles. The van der Waals surface area contributed by atoms with Crippen molar-refractivity contribution >= 4 is 11.9 Å². The summed E-state index contributed by atoms with van der Waals surface area (Å²) in [6, 6.07) is 0. The van der Waals surface area contributed by atoms with Gasteiger partial charge in [-0.1, -0.05) is 32.1 Å². The monoisotopic (exact) mass is 407 g/mol. The van der Waals surface area contributed by atoms with E-state index in [2.05, 4.69) is 20.5 Å². The van der Waals surface area contributed by atoms with Crippen LogP contribution in [-0.4, -0.2) is 87.7 Å². The number of hydrogen-bond donors (Lipinski definition) is 2. The van der Waals surface area contributed by atoms with E-state index in [1.807, 2.05) is 21.1 Å². The van der Waals surface area contributed by atoms with Crippen molar-refractivity contribution in [3.05, 3.63) is 0 Å². The quantitative estimate of drug-likeness (QED) is 0.519. The zero-order valence-corrected chi connectivity index (χ0v) is 18.8. The molecular formula is C22H41N5O2. The molecule has 0 atom stereocenters. The fraction of sp³-hybridized carbons (Fsp3) is 0.909. The number of aliphatic imine (C=N–C) groups is 1. The maximum Gasteiger partial charge on any atom is 0.230 e. The largest absolute Gasteiger partial charge is 0.379 e. The van der Waals surface area contributed by atoms with Gasteiger partial charge < -0.3 is 20.3 Å². The van der Waals surface area contributed by atoms with Gasteiger partial charge in [-0.2, -0.15) is 0 Å². The average molecular weight is 408 g/mol. The topological polar surface area (TPSA) is 69.2 Å². The summed E-state index contributed by atoms with van der Waals surface area (Å²) in [5.41, 5.74) is -0.0853. The third-order valence-corrected chi connectivity index (χ3v) is 7.29. The number of morpholine rings is 1. The van der Waals surface area contributed by atoms with Gasteiger partial charge in [0.15, 0.2) is 5.96 Å². The fourth-order valence-electron chi connectivity index (χ4n) is 5.57. The lowest BCUT2D eigenvalue weighted by molar-refractivity contribution is -0.138. The van der Waals surface area contributed by atoms with E-state index in [-0.39, 0.29) is 16.9 Å². The van der Waals surface area contributed by atoms with E-state index in [9.17, 15) is 4.79 Å². The van der Waals surface area contributed by atoms with Crippen molar-refractivity contribution in [3.8, 4) is 0 Å². The Hall–Kier alpha value is -1.34. The van der Waals surface area contributed by atoms with E-state index >= 15 is 0 Å². The molecule has 1 heterocycles. The molecule has 29 heavy (non-hydrogen) atoms. The molecule has 0 aromatic carbocycles. The Labute approximate surface area is 176 Å². The third-order valence-electron chi connectivity index (χ3n) is 7.29. The van der Waals surface area contributed by atoms with Crippen LogP contribution >= 0.6 is 0 Å². The van der Waals surface area contributed by atoms with Crippen molar-refractivity contribution in [2.75, 3.05) is 60.5 Å². The molecule has 0 radical (unpaired) electrons. The Morgan fingerprint density at radius 3 is 2.14 bits per heavy atom. The van der Waals surface area contributed by atoms with Crippen LogP contribution < -0.4 is 10.6 Å². The minimum absolute atomic E-state index is 0.199. The molecule has 2 aliphatic carbocycles. The number of carbonyl (C=O) groups excluding carboxylic acids is 1. The van der Waals surface area contributed by atoms with Crippen LogP contribution in [0.4, 0.5) is 0 Å². The summed E-state index contributed by atoms with van der Waals surface area (Å²) < 4.78 is 5.60. The average Bonchev–Trinajstić information content (AvgIpc) is 3.24. The molecule has 2 N–H and O–H groups in total. The first kappa shape index (κ1) is 22.3. The lowest BCUT2D eigenvalue weighted by Crippen LogP contribution is -2.61. The second-order valence-corrected chi connectivity index (χ2v) is 9.35. The predicted molar refractivity (Wildman–Crippen MR) is 117 cm³/mol. The zero-order chi connectivity index (χ0) is 20.7. The van der Waals surface area contributed by atoms with Crippen LogP contribution in [0.25, 0.3) is 0 Å². The highest BCUT2D eigenvalue weighted by molar-refractivity contribution is 5.85. The number of guanidine groups is 1. The molecule has 3 fully saturated rings. The second-order valence-electron chi connectivity index (χ2n) is 9.35. The van der Waals surface area contributed by atoms with Gasteiger partial charge >= 0.3 is 0 Å². The number of hydrogen-bond acceptors (Lipinski definition) is 4. The molecule has 1 saturated heterocycles. The molecule has 166 valence electrons. The maximum absolute atomic E-state index is 12.8. The minimum Gasteiger partial charge on any atom is -0.379 e. The molecule has 0 aromatic rings. The summed E-state index contributed by atoms with van der Waals surface area (Å²) in [7, 11) is 5.56.